The van der Waals surface area contributed by atoms with Crippen molar-refractivity contribution in [3.63, 3.8) is 0 Å². The second kappa shape index (κ2) is 5.77. The van der Waals surface area contributed by atoms with Gasteiger partial charge in [-0.1, -0.05) is 33.0 Å². The van der Waals surface area contributed by atoms with Gasteiger partial charge in [0, 0.05) is 6.54 Å². The molecule has 0 rings (SSSR count). The maximum atomic E-state index is 11.6. The molecule has 0 aromatic rings. The molecule has 3 N–H and O–H groups in total. The highest BCUT2D eigenvalue weighted by atomic mass is 32.2. The Morgan fingerprint density at radius 2 is 1.80 bits per heavy atom. The van der Waals surface area contributed by atoms with Crippen molar-refractivity contribution in [3.8, 4) is 0 Å². The van der Waals surface area contributed by atoms with E-state index in [4.69, 9.17) is 5.73 Å². The van der Waals surface area contributed by atoms with Crippen molar-refractivity contribution in [2.75, 3.05) is 6.54 Å². The fraction of sp³-hybridized carbons (Fsp3) is 0.889. The van der Waals surface area contributed by atoms with E-state index in [0.717, 1.165) is 0 Å². The van der Waals surface area contributed by atoms with Crippen molar-refractivity contribution in [3.05, 3.63) is 0 Å². The summed E-state index contributed by atoms with van der Waals surface area (Å²) in [7, 11) is -3.40. The molecule has 0 aliphatic heterocycles. The SMILES string of the molecule is CC(C)C(C)CNS(=O)(=O)C(C)C(N)=S. The van der Waals surface area contributed by atoms with E-state index in [1.54, 1.807) is 0 Å². The third-order valence-corrected chi connectivity index (χ3v) is 4.87. The standard InChI is InChI=1S/C9H20N2O2S2/c1-6(2)7(3)5-11-15(12,13)8(4)9(10)14/h6-8,11H,5H2,1-4H3,(H2,10,14). The van der Waals surface area contributed by atoms with Crippen LogP contribution in [0.4, 0.5) is 0 Å². The van der Waals surface area contributed by atoms with E-state index in [2.05, 4.69) is 30.8 Å². The van der Waals surface area contributed by atoms with Gasteiger partial charge in [-0.05, 0) is 18.8 Å². The van der Waals surface area contributed by atoms with Gasteiger partial charge in [-0.2, -0.15) is 0 Å². The number of sulfonamides is 1. The zero-order chi connectivity index (χ0) is 12.2. The second-order valence-corrected chi connectivity index (χ2v) is 6.72. The first kappa shape index (κ1) is 14.8. The summed E-state index contributed by atoms with van der Waals surface area (Å²) in [6, 6.07) is 0. The van der Waals surface area contributed by atoms with E-state index >= 15 is 0 Å². The van der Waals surface area contributed by atoms with Gasteiger partial charge < -0.3 is 5.73 Å². The number of hydrogen-bond acceptors (Lipinski definition) is 3. The van der Waals surface area contributed by atoms with Crippen LogP contribution in [0.2, 0.25) is 0 Å². The summed E-state index contributed by atoms with van der Waals surface area (Å²) in [4.78, 5) is -0.000278. The Kier molecular flexibility index (Phi) is 5.69. The third-order valence-electron chi connectivity index (χ3n) is 2.61. The van der Waals surface area contributed by atoms with Crippen LogP contribution < -0.4 is 10.5 Å². The van der Waals surface area contributed by atoms with E-state index < -0.39 is 15.3 Å². The molecule has 90 valence electrons. The predicted molar refractivity (Wildman–Crippen MR) is 67.2 cm³/mol. The van der Waals surface area contributed by atoms with Crippen molar-refractivity contribution >= 4 is 27.2 Å². The summed E-state index contributed by atoms with van der Waals surface area (Å²) >= 11 is 4.66. The van der Waals surface area contributed by atoms with E-state index in [0.29, 0.717) is 18.4 Å². The van der Waals surface area contributed by atoms with Crippen LogP contribution in [0.15, 0.2) is 0 Å². The highest BCUT2D eigenvalue weighted by molar-refractivity contribution is 7.93. The minimum Gasteiger partial charge on any atom is -0.392 e. The van der Waals surface area contributed by atoms with E-state index in [1.165, 1.54) is 6.92 Å². The number of nitrogens with two attached hydrogens (primary N) is 1. The van der Waals surface area contributed by atoms with Crippen LogP contribution in [0.1, 0.15) is 27.7 Å². The molecule has 0 aliphatic rings. The van der Waals surface area contributed by atoms with E-state index in [9.17, 15) is 8.42 Å². The lowest BCUT2D eigenvalue weighted by Gasteiger charge is -2.18. The molecule has 0 aromatic carbocycles. The fourth-order valence-corrected chi connectivity index (χ4v) is 2.19. The van der Waals surface area contributed by atoms with Crippen LogP contribution in [0.5, 0.6) is 0 Å². The maximum Gasteiger partial charge on any atom is 0.220 e. The molecule has 0 aromatic heterocycles. The maximum absolute atomic E-state index is 11.6. The van der Waals surface area contributed by atoms with Crippen LogP contribution in [0.25, 0.3) is 0 Å². The monoisotopic (exact) mass is 252 g/mol. The molecule has 15 heavy (non-hydrogen) atoms. The van der Waals surface area contributed by atoms with Crippen LogP contribution >= 0.6 is 12.2 Å². The fourth-order valence-electron chi connectivity index (χ4n) is 0.761. The number of thiocarbonyl (C=S) groups is 1. The molecule has 2 atom stereocenters. The minimum absolute atomic E-state index is 0.000278. The highest BCUT2D eigenvalue weighted by Gasteiger charge is 2.23. The second-order valence-electron chi connectivity index (χ2n) is 4.16. The molecule has 2 unspecified atom stereocenters. The third kappa shape index (κ3) is 4.90. The van der Waals surface area contributed by atoms with Gasteiger partial charge in [0.15, 0.2) is 0 Å². The largest absolute Gasteiger partial charge is 0.392 e. The molecule has 4 nitrogen and oxygen atoms in total. The van der Waals surface area contributed by atoms with Gasteiger partial charge in [0.1, 0.15) is 5.25 Å². The predicted octanol–water partition coefficient (Wildman–Crippen LogP) is 0.873. The number of hydrogen-bond donors (Lipinski definition) is 2. The van der Waals surface area contributed by atoms with Gasteiger partial charge in [-0.25, -0.2) is 13.1 Å². The Morgan fingerprint density at radius 1 is 1.33 bits per heavy atom. The molecule has 0 spiro atoms. The van der Waals surface area contributed by atoms with Gasteiger partial charge in [0.25, 0.3) is 0 Å². The van der Waals surface area contributed by atoms with Crippen LogP contribution in [0, 0.1) is 11.8 Å². The van der Waals surface area contributed by atoms with Crippen molar-refractivity contribution in [2.24, 2.45) is 17.6 Å². The Bertz CT molecular complexity index is 312. The smallest absolute Gasteiger partial charge is 0.220 e. The van der Waals surface area contributed by atoms with Crippen molar-refractivity contribution in [2.45, 2.75) is 32.9 Å². The molecule has 0 heterocycles. The summed E-state index contributed by atoms with van der Waals surface area (Å²) < 4.78 is 25.8. The topological polar surface area (TPSA) is 72.2 Å². The lowest BCUT2D eigenvalue weighted by molar-refractivity contribution is 0.414. The van der Waals surface area contributed by atoms with Crippen molar-refractivity contribution < 1.29 is 8.42 Å². The summed E-state index contributed by atoms with van der Waals surface area (Å²) in [5.41, 5.74) is 5.30. The Labute approximate surface area is 97.7 Å². The molecule has 0 radical (unpaired) electrons. The van der Waals surface area contributed by atoms with Crippen LogP contribution in [-0.4, -0.2) is 25.2 Å². The molecule has 0 fully saturated rings. The first-order valence-corrected chi connectivity index (χ1v) is 6.91. The average Bonchev–Trinajstić information content (AvgIpc) is 2.12. The Balaban J connectivity index is 4.35. The van der Waals surface area contributed by atoms with Crippen molar-refractivity contribution in [1.29, 1.82) is 0 Å². The van der Waals surface area contributed by atoms with Crippen LogP contribution in [0.3, 0.4) is 0 Å². The zero-order valence-electron chi connectivity index (χ0n) is 9.65. The lowest BCUT2D eigenvalue weighted by Crippen LogP contribution is -2.41. The molecule has 0 aliphatic carbocycles. The molecular weight excluding hydrogens is 232 g/mol. The number of rotatable bonds is 6. The van der Waals surface area contributed by atoms with E-state index in [1.807, 2.05) is 6.92 Å². The van der Waals surface area contributed by atoms with Gasteiger partial charge in [-0.15, -0.1) is 0 Å². The molecule has 0 saturated heterocycles. The highest BCUT2D eigenvalue weighted by Crippen LogP contribution is 2.09. The lowest BCUT2D eigenvalue weighted by atomic mass is 9.99. The summed E-state index contributed by atoms with van der Waals surface area (Å²) in [5.74, 6) is 0.728. The number of nitrogens with one attached hydrogen (secondary N) is 1. The molecule has 0 saturated carbocycles. The molecule has 6 heteroatoms. The molecular formula is C9H20N2O2S2. The zero-order valence-corrected chi connectivity index (χ0v) is 11.3. The molecule has 0 amide bonds. The van der Waals surface area contributed by atoms with Gasteiger partial charge in [-0.3, -0.25) is 0 Å². The quantitative estimate of drug-likeness (QED) is 0.688. The summed E-state index contributed by atoms with van der Waals surface area (Å²) in [6.07, 6.45) is 0. The average molecular weight is 252 g/mol. The minimum atomic E-state index is -3.40. The Morgan fingerprint density at radius 3 is 2.13 bits per heavy atom. The van der Waals surface area contributed by atoms with Crippen LogP contribution in [-0.2, 0) is 10.0 Å². The Hall–Kier alpha value is -0.200. The normalized spacial score (nSPS) is 16.3. The van der Waals surface area contributed by atoms with Crippen molar-refractivity contribution in [1.82, 2.24) is 4.72 Å². The summed E-state index contributed by atoms with van der Waals surface area (Å²) in [6.45, 7) is 8.02. The van der Waals surface area contributed by atoms with Gasteiger partial charge >= 0.3 is 0 Å². The van der Waals surface area contributed by atoms with E-state index in [-0.39, 0.29) is 4.99 Å². The first-order valence-electron chi connectivity index (χ1n) is 4.96. The molecule has 0 bridgehead atoms. The van der Waals surface area contributed by atoms with Gasteiger partial charge in [0.2, 0.25) is 10.0 Å². The first-order chi connectivity index (χ1) is 6.68. The van der Waals surface area contributed by atoms with Gasteiger partial charge in [0.05, 0.1) is 4.99 Å². The summed E-state index contributed by atoms with van der Waals surface area (Å²) in [5, 5.41) is -0.813.